The van der Waals surface area contributed by atoms with E-state index < -0.39 is 11.9 Å². The maximum absolute atomic E-state index is 12.5. The van der Waals surface area contributed by atoms with Gasteiger partial charge in [0.1, 0.15) is 6.33 Å². The number of pyridine rings is 1. The fourth-order valence-electron chi connectivity index (χ4n) is 1.07. The minimum Gasteiger partial charge on any atom is -0.297 e. The highest BCUT2D eigenvalue weighted by atomic mass is 19.1. The zero-order valence-corrected chi connectivity index (χ0v) is 8.59. The van der Waals surface area contributed by atoms with Crippen LogP contribution in [0.4, 0.5) is 10.1 Å². The molecule has 0 fully saturated rings. The van der Waals surface area contributed by atoms with Gasteiger partial charge in [-0.25, -0.2) is 15.0 Å². The van der Waals surface area contributed by atoms with Crippen molar-refractivity contribution in [2.24, 2.45) is 0 Å². The summed E-state index contributed by atoms with van der Waals surface area (Å²) in [7, 11) is 0. The number of hydrogen-bond acceptors (Lipinski definition) is 5. The van der Waals surface area contributed by atoms with Crippen LogP contribution < -0.4 is 10.9 Å². The zero-order valence-electron chi connectivity index (χ0n) is 8.59. The van der Waals surface area contributed by atoms with Crippen LogP contribution in [0.5, 0.6) is 0 Å². The highest BCUT2D eigenvalue weighted by Gasteiger charge is 2.04. The van der Waals surface area contributed by atoms with Crippen LogP contribution in [0, 0.1) is 5.95 Å². The van der Waals surface area contributed by atoms with E-state index in [2.05, 4.69) is 25.8 Å². The third-order valence-electron chi connectivity index (χ3n) is 1.87. The number of carbonyl (C=O) groups excluding carboxylic acids is 1. The summed E-state index contributed by atoms with van der Waals surface area (Å²) < 4.78 is 12.5. The number of amides is 1. The van der Waals surface area contributed by atoms with Crippen molar-refractivity contribution in [1.29, 1.82) is 0 Å². The van der Waals surface area contributed by atoms with Crippen molar-refractivity contribution in [1.82, 2.24) is 20.4 Å². The molecule has 2 heterocycles. The summed E-state index contributed by atoms with van der Waals surface area (Å²) in [5.74, 6) is -0.978. The fourth-order valence-corrected chi connectivity index (χ4v) is 1.07. The van der Waals surface area contributed by atoms with Crippen molar-refractivity contribution in [3.63, 3.8) is 0 Å². The molecule has 0 aliphatic carbocycles. The van der Waals surface area contributed by atoms with Gasteiger partial charge in [0, 0.05) is 12.4 Å². The molecular formula is C10H8FN5O. The van der Waals surface area contributed by atoms with E-state index in [0.29, 0.717) is 11.3 Å². The molecule has 0 aromatic carbocycles. The summed E-state index contributed by atoms with van der Waals surface area (Å²) in [6.07, 6.45) is 5.35. The molecule has 0 aliphatic rings. The second-order valence-electron chi connectivity index (χ2n) is 3.08. The van der Waals surface area contributed by atoms with E-state index >= 15 is 0 Å². The van der Waals surface area contributed by atoms with Gasteiger partial charge in [-0.05, 0) is 12.1 Å². The fraction of sp³-hybridized carbons (Fsp3) is 0. The molecule has 0 atom stereocenters. The van der Waals surface area contributed by atoms with E-state index in [1.807, 2.05) is 0 Å². The standard InChI is InChI=1S/C10H8FN5O/c11-9-2-1-8(5-14-9)15-16-10(17)7-3-12-6-13-4-7/h1-6,15H,(H,16,17). The Morgan fingerprint density at radius 3 is 2.59 bits per heavy atom. The maximum atomic E-state index is 12.5. The second kappa shape index (κ2) is 4.97. The Balaban J connectivity index is 1.95. The number of hydrogen-bond donors (Lipinski definition) is 2. The van der Waals surface area contributed by atoms with E-state index in [9.17, 15) is 9.18 Å². The topological polar surface area (TPSA) is 79.8 Å². The molecule has 2 N–H and O–H groups in total. The van der Waals surface area contributed by atoms with Gasteiger partial charge in [-0.3, -0.25) is 15.6 Å². The highest BCUT2D eigenvalue weighted by Crippen LogP contribution is 2.03. The van der Waals surface area contributed by atoms with Crippen LogP contribution in [-0.4, -0.2) is 20.9 Å². The van der Waals surface area contributed by atoms with Crippen LogP contribution in [0.1, 0.15) is 10.4 Å². The molecule has 2 aromatic heterocycles. The Hall–Kier alpha value is -2.57. The van der Waals surface area contributed by atoms with Crippen molar-refractivity contribution in [2.45, 2.75) is 0 Å². The van der Waals surface area contributed by atoms with Crippen LogP contribution >= 0.6 is 0 Å². The largest absolute Gasteiger partial charge is 0.297 e. The van der Waals surface area contributed by atoms with Gasteiger partial charge < -0.3 is 0 Å². The Morgan fingerprint density at radius 2 is 1.94 bits per heavy atom. The first-order valence-electron chi connectivity index (χ1n) is 4.68. The Labute approximate surface area is 95.9 Å². The smallest absolute Gasteiger partial charge is 0.272 e. The van der Waals surface area contributed by atoms with Crippen molar-refractivity contribution in [3.05, 3.63) is 48.6 Å². The van der Waals surface area contributed by atoms with E-state index in [1.54, 1.807) is 0 Å². The van der Waals surface area contributed by atoms with Crippen LogP contribution in [0.25, 0.3) is 0 Å². The molecule has 1 amide bonds. The van der Waals surface area contributed by atoms with Gasteiger partial charge in [0.25, 0.3) is 5.91 Å². The molecule has 0 saturated carbocycles. The molecular weight excluding hydrogens is 225 g/mol. The molecule has 0 saturated heterocycles. The number of carbonyl (C=O) groups is 1. The van der Waals surface area contributed by atoms with Gasteiger partial charge in [0.15, 0.2) is 0 Å². The van der Waals surface area contributed by atoms with E-state index in [0.717, 1.165) is 0 Å². The molecule has 0 radical (unpaired) electrons. The molecule has 2 rings (SSSR count). The normalized spacial score (nSPS) is 9.71. The first-order chi connectivity index (χ1) is 8.25. The number of aromatic nitrogens is 3. The molecule has 2 aromatic rings. The lowest BCUT2D eigenvalue weighted by atomic mass is 10.3. The van der Waals surface area contributed by atoms with Gasteiger partial charge in [0.2, 0.25) is 5.95 Å². The van der Waals surface area contributed by atoms with Gasteiger partial charge >= 0.3 is 0 Å². The number of nitrogens with one attached hydrogen (secondary N) is 2. The maximum Gasteiger partial charge on any atom is 0.272 e. The third-order valence-corrected chi connectivity index (χ3v) is 1.87. The molecule has 0 bridgehead atoms. The molecule has 17 heavy (non-hydrogen) atoms. The van der Waals surface area contributed by atoms with Gasteiger partial charge in [0.05, 0.1) is 17.4 Å². The van der Waals surface area contributed by atoms with E-state index in [-0.39, 0.29) is 0 Å². The Kier molecular flexibility index (Phi) is 3.20. The van der Waals surface area contributed by atoms with Crippen molar-refractivity contribution in [2.75, 3.05) is 5.43 Å². The minimum absolute atomic E-state index is 0.315. The quantitative estimate of drug-likeness (QED) is 0.604. The van der Waals surface area contributed by atoms with Crippen LogP contribution in [-0.2, 0) is 0 Å². The first kappa shape index (κ1) is 10.9. The van der Waals surface area contributed by atoms with Crippen molar-refractivity contribution in [3.8, 4) is 0 Å². The van der Waals surface area contributed by atoms with Crippen LogP contribution in [0.15, 0.2) is 37.1 Å². The number of anilines is 1. The molecule has 0 aliphatic heterocycles. The molecule has 7 heteroatoms. The lowest BCUT2D eigenvalue weighted by Crippen LogP contribution is -2.29. The third kappa shape index (κ3) is 2.94. The predicted molar refractivity (Wildman–Crippen MR) is 57.3 cm³/mol. The number of hydrazine groups is 1. The Bertz CT molecular complexity index is 502. The van der Waals surface area contributed by atoms with Crippen LogP contribution in [0.2, 0.25) is 0 Å². The SMILES string of the molecule is O=C(NNc1ccc(F)nc1)c1cncnc1. The summed E-state index contributed by atoms with van der Waals surface area (Å²) in [5, 5.41) is 0. The van der Waals surface area contributed by atoms with Gasteiger partial charge in [-0.15, -0.1) is 0 Å². The first-order valence-corrected chi connectivity index (χ1v) is 4.68. The summed E-state index contributed by atoms with van der Waals surface area (Å²) >= 11 is 0. The predicted octanol–water partition coefficient (Wildman–Crippen LogP) is 0.768. The molecule has 86 valence electrons. The van der Waals surface area contributed by atoms with E-state index in [1.165, 1.54) is 37.1 Å². The van der Waals surface area contributed by atoms with Crippen molar-refractivity contribution < 1.29 is 9.18 Å². The number of nitrogens with zero attached hydrogens (tertiary/aromatic N) is 3. The van der Waals surface area contributed by atoms with Crippen molar-refractivity contribution >= 4 is 11.6 Å². The average Bonchev–Trinajstić information content (AvgIpc) is 2.39. The Morgan fingerprint density at radius 1 is 1.18 bits per heavy atom. The summed E-state index contributed by atoms with van der Waals surface area (Å²) in [6.45, 7) is 0. The number of rotatable bonds is 3. The van der Waals surface area contributed by atoms with Crippen LogP contribution in [0.3, 0.4) is 0 Å². The van der Waals surface area contributed by atoms with Gasteiger partial charge in [-0.1, -0.05) is 0 Å². The zero-order chi connectivity index (χ0) is 12.1. The molecule has 0 spiro atoms. The minimum atomic E-state index is -0.585. The second-order valence-corrected chi connectivity index (χ2v) is 3.08. The summed E-state index contributed by atoms with van der Waals surface area (Å²) in [5.41, 5.74) is 5.77. The van der Waals surface area contributed by atoms with Gasteiger partial charge in [-0.2, -0.15) is 4.39 Å². The molecule has 0 unspecified atom stereocenters. The summed E-state index contributed by atoms with van der Waals surface area (Å²) in [4.78, 5) is 22.4. The lowest BCUT2D eigenvalue weighted by molar-refractivity contribution is 0.0962. The monoisotopic (exact) mass is 233 g/mol. The average molecular weight is 233 g/mol. The summed E-state index contributed by atoms with van der Waals surface area (Å²) in [6, 6.07) is 2.63. The lowest BCUT2D eigenvalue weighted by Gasteiger charge is -2.07. The van der Waals surface area contributed by atoms with E-state index in [4.69, 9.17) is 0 Å². The molecule has 6 nitrogen and oxygen atoms in total. The highest BCUT2D eigenvalue weighted by molar-refractivity contribution is 5.94. The number of halogens is 1.